The molecule has 0 aromatic heterocycles. The lowest BCUT2D eigenvalue weighted by Gasteiger charge is -2.50. The summed E-state index contributed by atoms with van der Waals surface area (Å²) in [7, 11) is 3.89. The second-order valence-corrected chi connectivity index (χ2v) is 8.54. The minimum atomic E-state index is -0.262. The predicted molar refractivity (Wildman–Crippen MR) is 107 cm³/mol. The van der Waals surface area contributed by atoms with Crippen molar-refractivity contribution in [2.45, 2.75) is 50.1 Å². The van der Waals surface area contributed by atoms with Gasteiger partial charge < -0.3 is 14.5 Å². The predicted octanol–water partition coefficient (Wildman–Crippen LogP) is 2.35. The van der Waals surface area contributed by atoms with Gasteiger partial charge in [-0.15, -0.1) is 0 Å². The maximum atomic E-state index is 13.2. The van der Waals surface area contributed by atoms with Crippen LogP contribution in [0.25, 0.3) is 0 Å². The van der Waals surface area contributed by atoms with Gasteiger partial charge in [0.1, 0.15) is 5.75 Å². The molecule has 1 aliphatic carbocycles. The highest BCUT2D eigenvalue weighted by Crippen LogP contribution is 2.50. The van der Waals surface area contributed by atoms with Crippen LogP contribution in [0.4, 0.5) is 0 Å². The Balaban J connectivity index is 1.36. The molecular formula is C22H33N3O2. The summed E-state index contributed by atoms with van der Waals surface area (Å²) in [5, 5.41) is 0. The van der Waals surface area contributed by atoms with Gasteiger partial charge in [-0.3, -0.25) is 9.69 Å². The fourth-order valence-corrected chi connectivity index (χ4v) is 4.94. The maximum Gasteiger partial charge on any atom is 0.233 e. The van der Waals surface area contributed by atoms with Gasteiger partial charge in [-0.25, -0.2) is 0 Å². The second-order valence-electron chi connectivity index (χ2n) is 8.54. The van der Waals surface area contributed by atoms with Gasteiger partial charge in [-0.2, -0.15) is 0 Å². The first-order valence-electron chi connectivity index (χ1n) is 10.5. The third-order valence-electron chi connectivity index (χ3n) is 6.94. The number of carbonyl (C=O) groups excluding carboxylic acids is 1. The Morgan fingerprint density at radius 3 is 2.30 bits per heavy atom. The molecular weight excluding hydrogens is 338 g/mol. The van der Waals surface area contributed by atoms with Crippen molar-refractivity contribution in [1.82, 2.24) is 14.7 Å². The number of carbonyl (C=O) groups is 1. The van der Waals surface area contributed by atoms with Crippen LogP contribution in [-0.2, 0) is 10.2 Å². The molecule has 148 valence electrons. The number of methoxy groups -OCH3 is 1. The van der Waals surface area contributed by atoms with Crippen molar-refractivity contribution in [2.24, 2.45) is 0 Å². The largest absolute Gasteiger partial charge is 0.497 e. The highest BCUT2D eigenvalue weighted by Gasteiger charge is 2.55. The van der Waals surface area contributed by atoms with Gasteiger partial charge in [0.2, 0.25) is 5.91 Å². The minimum Gasteiger partial charge on any atom is -0.497 e. The number of hydrogen-bond acceptors (Lipinski definition) is 4. The van der Waals surface area contributed by atoms with E-state index in [9.17, 15) is 4.79 Å². The van der Waals surface area contributed by atoms with E-state index in [4.69, 9.17) is 4.74 Å². The molecule has 0 spiro atoms. The minimum absolute atomic E-state index is 0.262. The van der Waals surface area contributed by atoms with E-state index in [1.165, 1.54) is 25.9 Å². The first-order valence-corrected chi connectivity index (χ1v) is 10.5. The maximum absolute atomic E-state index is 13.2. The SMILES string of the molecule is CCN(C1CCN(C)CC1)C1CN(C(=O)C2(c3ccc(OC)cc3)CC2)C1. The van der Waals surface area contributed by atoms with E-state index in [1.54, 1.807) is 7.11 Å². The number of hydrogen-bond donors (Lipinski definition) is 0. The summed E-state index contributed by atoms with van der Waals surface area (Å²) in [5.41, 5.74) is 0.890. The van der Waals surface area contributed by atoms with E-state index in [1.807, 2.05) is 12.1 Å². The van der Waals surface area contributed by atoms with Crippen molar-refractivity contribution in [2.75, 3.05) is 46.9 Å². The molecule has 1 aromatic carbocycles. The lowest BCUT2D eigenvalue weighted by atomic mass is 9.91. The van der Waals surface area contributed by atoms with E-state index in [2.05, 4.69) is 40.8 Å². The second kappa shape index (κ2) is 7.44. The highest BCUT2D eigenvalue weighted by molar-refractivity contribution is 5.92. The number of amides is 1. The fourth-order valence-electron chi connectivity index (χ4n) is 4.94. The molecule has 5 nitrogen and oxygen atoms in total. The lowest BCUT2D eigenvalue weighted by molar-refractivity contribution is -0.142. The zero-order valence-corrected chi connectivity index (χ0v) is 17.0. The third-order valence-corrected chi connectivity index (χ3v) is 6.94. The molecule has 1 amide bonds. The molecule has 3 fully saturated rings. The van der Waals surface area contributed by atoms with E-state index < -0.39 is 0 Å². The molecule has 3 aliphatic rings. The summed E-state index contributed by atoms with van der Waals surface area (Å²) < 4.78 is 5.26. The first kappa shape index (κ1) is 18.8. The summed E-state index contributed by atoms with van der Waals surface area (Å²) in [5.74, 6) is 1.19. The molecule has 1 saturated carbocycles. The van der Waals surface area contributed by atoms with Gasteiger partial charge >= 0.3 is 0 Å². The van der Waals surface area contributed by atoms with Crippen molar-refractivity contribution < 1.29 is 9.53 Å². The summed E-state index contributed by atoms with van der Waals surface area (Å²) in [6.45, 7) is 7.54. The zero-order valence-electron chi connectivity index (χ0n) is 17.0. The quantitative estimate of drug-likeness (QED) is 0.769. The summed E-state index contributed by atoms with van der Waals surface area (Å²) in [6, 6.07) is 9.31. The molecule has 1 aromatic rings. The van der Waals surface area contributed by atoms with Crippen LogP contribution in [0.3, 0.4) is 0 Å². The molecule has 0 bridgehead atoms. The van der Waals surface area contributed by atoms with Gasteiger partial charge in [0.05, 0.1) is 12.5 Å². The smallest absolute Gasteiger partial charge is 0.233 e. The molecule has 2 saturated heterocycles. The molecule has 2 heterocycles. The number of ether oxygens (including phenoxy) is 1. The van der Waals surface area contributed by atoms with E-state index in [0.29, 0.717) is 18.0 Å². The van der Waals surface area contributed by atoms with E-state index in [-0.39, 0.29) is 5.41 Å². The molecule has 4 rings (SSSR count). The normalized spacial score (nSPS) is 23.3. The van der Waals surface area contributed by atoms with E-state index in [0.717, 1.165) is 43.8 Å². The van der Waals surface area contributed by atoms with Crippen LogP contribution < -0.4 is 4.74 Å². The van der Waals surface area contributed by atoms with E-state index >= 15 is 0 Å². The number of benzene rings is 1. The van der Waals surface area contributed by atoms with Crippen LogP contribution in [0.5, 0.6) is 5.75 Å². The van der Waals surface area contributed by atoms with Gasteiger partial charge in [-0.1, -0.05) is 19.1 Å². The first-order chi connectivity index (χ1) is 13.1. The van der Waals surface area contributed by atoms with Gasteiger partial charge in [0, 0.05) is 25.2 Å². The van der Waals surface area contributed by atoms with Gasteiger partial charge in [-0.05, 0) is 70.1 Å². The van der Waals surface area contributed by atoms with Crippen molar-refractivity contribution in [1.29, 1.82) is 0 Å². The monoisotopic (exact) mass is 371 g/mol. The molecule has 27 heavy (non-hydrogen) atoms. The Morgan fingerprint density at radius 1 is 1.15 bits per heavy atom. The number of nitrogens with zero attached hydrogens (tertiary/aromatic N) is 3. The van der Waals surface area contributed by atoms with Crippen LogP contribution in [0.15, 0.2) is 24.3 Å². The topological polar surface area (TPSA) is 36.0 Å². The number of likely N-dealkylation sites (N-methyl/N-ethyl adjacent to an activating group) is 1. The molecule has 2 aliphatic heterocycles. The summed E-state index contributed by atoms with van der Waals surface area (Å²) >= 11 is 0. The van der Waals surface area contributed by atoms with Gasteiger partial charge in [0.15, 0.2) is 0 Å². The van der Waals surface area contributed by atoms with Crippen LogP contribution in [-0.4, -0.2) is 79.6 Å². The van der Waals surface area contributed by atoms with Crippen molar-refractivity contribution in [3.8, 4) is 5.75 Å². The third kappa shape index (κ3) is 3.47. The van der Waals surface area contributed by atoms with Crippen LogP contribution in [0.2, 0.25) is 0 Å². The van der Waals surface area contributed by atoms with Crippen LogP contribution >= 0.6 is 0 Å². The number of piperidine rings is 1. The highest BCUT2D eigenvalue weighted by atomic mass is 16.5. The lowest BCUT2D eigenvalue weighted by Crippen LogP contribution is -2.65. The van der Waals surface area contributed by atoms with Crippen LogP contribution in [0.1, 0.15) is 38.2 Å². The average molecular weight is 372 g/mol. The standard InChI is InChI=1S/C22H33N3O2/c1-4-25(18-9-13-23(2)14-10-18)19-15-24(16-19)21(26)22(11-12-22)17-5-7-20(27-3)8-6-17/h5-8,18-19H,4,9-16H2,1-3H3. The number of rotatable bonds is 6. The van der Waals surface area contributed by atoms with Gasteiger partial charge in [0.25, 0.3) is 0 Å². The van der Waals surface area contributed by atoms with Crippen molar-refractivity contribution in [3.05, 3.63) is 29.8 Å². The zero-order chi connectivity index (χ0) is 19.0. The Morgan fingerprint density at radius 2 is 1.78 bits per heavy atom. The molecule has 0 unspecified atom stereocenters. The molecule has 5 heteroatoms. The van der Waals surface area contributed by atoms with Crippen molar-refractivity contribution >= 4 is 5.91 Å². The Hall–Kier alpha value is -1.59. The van der Waals surface area contributed by atoms with Crippen molar-refractivity contribution in [3.63, 3.8) is 0 Å². The summed E-state index contributed by atoms with van der Waals surface area (Å²) in [6.07, 6.45) is 4.46. The molecule has 0 atom stereocenters. The fraction of sp³-hybridized carbons (Fsp3) is 0.682. The average Bonchev–Trinajstić information content (AvgIpc) is 3.47. The summed E-state index contributed by atoms with van der Waals surface area (Å²) in [4.78, 5) is 20.4. The molecule has 0 radical (unpaired) electrons. The number of likely N-dealkylation sites (tertiary alicyclic amines) is 2. The Bertz CT molecular complexity index is 657. The Labute approximate surface area is 163 Å². The van der Waals surface area contributed by atoms with Crippen LogP contribution in [0, 0.1) is 0 Å². The molecule has 0 N–H and O–H groups in total. The Kier molecular flexibility index (Phi) is 5.17.